The van der Waals surface area contributed by atoms with Gasteiger partial charge in [0.15, 0.2) is 0 Å². The Morgan fingerprint density at radius 1 is 1.11 bits per heavy atom. The van der Waals surface area contributed by atoms with Gasteiger partial charge in [0, 0.05) is 18.4 Å². The molecule has 0 saturated heterocycles. The first kappa shape index (κ1) is 19.1. The molecular formula is C20H22N2O4S. The van der Waals surface area contributed by atoms with Gasteiger partial charge in [0.05, 0.1) is 10.9 Å². The van der Waals surface area contributed by atoms with E-state index in [9.17, 15) is 13.2 Å². The summed E-state index contributed by atoms with van der Waals surface area (Å²) in [4.78, 5) is 12.3. The Morgan fingerprint density at radius 3 is 2.52 bits per heavy atom. The van der Waals surface area contributed by atoms with E-state index in [-0.39, 0.29) is 29.8 Å². The van der Waals surface area contributed by atoms with E-state index >= 15 is 0 Å². The number of sulfonamides is 1. The minimum absolute atomic E-state index is 0.0227. The van der Waals surface area contributed by atoms with Crippen LogP contribution in [-0.2, 0) is 14.8 Å². The first-order valence-corrected chi connectivity index (χ1v) is 10.2. The van der Waals surface area contributed by atoms with Gasteiger partial charge in [-0.15, -0.1) is 0 Å². The molecule has 27 heavy (non-hydrogen) atoms. The molecule has 0 spiro atoms. The lowest BCUT2D eigenvalue weighted by molar-refractivity contribution is -0.121. The van der Waals surface area contributed by atoms with Gasteiger partial charge in [0.25, 0.3) is 0 Å². The standard InChI is InChI=1S/C20H22N2O4S/c1-14-7-9-17(10-8-14)27(24,25)21-12-11-20(23)22-15(2)19-13-16-5-3-4-6-18(16)26-19/h3-10,13,15,21H,11-12H2,1-2H3,(H,22,23)/t15-/m0/s1. The largest absolute Gasteiger partial charge is 0.459 e. The zero-order valence-electron chi connectivity index (χ0n) is 15.2. The Bertz CT molecular complexity index is 1010. The van der Waals surface area contributed by atoms with Gasteiger partial charge >= 0.3 is 0 Å². The van der Waals surface area contributed by atoms with Crippen LogP contribution in [0, 0.1) is 6.92 Å². The number of furan rings is 1. The summed E-state index contributed by atoms with van der Waals surface area (Å²) in [5, 5.41) is 3.79. The summed E-state index contributed by atoms with van der Waals surface area (Å²) >= 11 is 0. The third-order valence-corrected chi connectivity index (χ3v) is 5.70. The third-order valence-electron chi connectivity index (χ3n) is 4.22. The molecule has 142 valence electrons. The van der Waals surface area contributed by atoms with Crippen LogP contribution in [0.15, 0.2) is 63.9 Å². The molecule has 1 aromatic heterocycles. The lowest BCUT2D eigenvalue weighted by atomic mass is 10.2. The highest BCUT2D eigenvalue weighted by Gasteiger charge is 2.16. The number of hydrogen-bond donors (Lipinski definition) is 2. The Hall–Kier alpha value is -2.64. The summed E-state index contributed by atoms with van der Waals surface area (Å²) in [6.45, 7) is 3.73. The predicted molar refractivity (Wildman–Crippen MR) is 104 cm³/mol. The van der Waals surface area contributed by atoms with Crippen molar-refractivity contribution < 1.29 is 17.6 Å². The van der Waals surface area contributed by atoms with E-state index in [0.717, 1.165) is 16.5 Å². The van der Waals surface area contributed by atoms with Crippen LogP contribution < -0.4 is 10.0 Å². The van der Waals surface area contributed by atoms with Gasteiger partial charge in [0.2, 0.25) is 15.9 Å². The van der Waals surface area contributed by atoms with Crippen molar-refractivity contribution in [2.45, 2.75) is 31.2 Å². The fourth-order valence-electron chi connectivity index (χ4n) is 2.70. The molecule has 2 aromatic carbocycles. The molecule has 0 unspecified atom stereocenters. The Morgan fingerprint density at radius 2 is 1.81 bits per heavy atom. The van der Waals surface area contributed by atoms with E-state index in [2.05, 4.69) is 10.0 Å². The van der Waals surface area contributed by atoms with Crippen molar-refractivity contribution in [1.82, 2.24) is 10.0 Å². The van der Waals surface area contributed by atoms with Gasteiger partial charge in [-0.3, -0.25) is 4.79 Å². The maximum atomic E-state index is 12.2. The molecule has 0 aliphatic carbocycles. The molecule has 0 fully saturated rings. The number of carbonyl (C=O) groups excluding carboxylic acids is 1. The molecule has 0 aliphatic heterocycles. The van der Waals surface area contributed by atoms with E-state index in [4.69, 9.17) is 4.42 Å². The molecule has 0 radical (unpaired) electrons. The van der Waals surface area contributed by atoms with Gasteiger partial charge in [-0.05, 0) is 38.1 Å². The summed E-state index contributed by atoms with van der Waals surface area (Å²) in [5.41, 5.74) is 1.74. The normalized spacial score (nSPS) is 12.8. The first-order chi connectivity index (χ1) is 12.8. The van der Waals surface area contributed by atoms with Crippen LogP contribution in [0.1, 0.15) is 30.7 Å². The smallest absolute Gasteiger partial charge is 0.240 e. The molecule has 1 heterocycles. The van der Waals surface area contributed by atoms with E-state index in [1.807, 2.05) is 44.2 Å². The van der Waals surface area contributed by atoms with Crippen molar-refractivity contribution in [2.24, 2.45) is 0 Å². The van der Waals surface area contributed by atoms with Crippen LogP contribution in [0.3, 0.4) is 0 Å². The molecule has 0 bridgehead atoms. The number of nitrogens with one attached hydrogen (secondary N) is 2. The SMILES string of the molecule is Cc1ccc(S(=O)(=O)NCCC(=O)N[C@@H](C)c2cc3ccccc3o2)cc1. The number of aryl methyl sites for hydroxylation is 1. The molecular weight excluding hydrogens is 364 g/mol. The van der Waals surface area contributed by atoms with Crippen LogP contribution >= 0.6 is 0 Å². The van der Waals surface area contributed by atoms with Crippen molar-refractivity contribution in [3.63, 3.8) is 0 Å². The minimum Gasteiger partial charge on any atom is -0.459 e. The van der Waals surface area contributed by atoms with Crippen LogP contribution in [0.5, 0.6) is 0 Å². The molecule has 6 nitrogen and oxygen atoms in total. The van der Waals surface area contributed by atoms with Gasteiger partial charge in [0.1, 0.15) is 11.3 Å². The number of hydrogen-bond acceptors (Lipinski definition) is 4. The van der Waals surface area contributed by atoms with Crippen molar-refractivity contribution in [2.75, 3.05) is 6.54 Å². The summed E-state index contributed by atoms with van der Waals surface area (Å²) in [5.74, 6) is 0.402. The van der Waals surface area contributed by atoms with Crippen LogP contribution in [0.25, 0.3) is 11.0 Å². The summed E-state index contributed by atoms with van der Waals surface area (Å²) in [6, 6.07) is 15.8. The minimum atomic E-state index is -3.62. The van der Waals surface area contributed by atoms with Gasteiger partial charge in [-0.1, -0.05) is 35.9 Å². The highest BCUT2D eigenvalue weighted by molar-refractivity contribution is 7.89. The van der Waals surface area contributed by atoms with Gasteiger partial charge in [-0.2, -0.15) is 0 Å². The summed E-state index contributed by atoms with van der Waals surface area (Å²) in [6.07, 6.45) is 0.0374. The number of para-hydroxylation sites is 1. The van der Waals surface area contributed by atoms with Crippen molar-refractivity contribution >= 4 is 26.9 Å². The second kappa shape index (κ2) is 7.94. The average Bonchev–Trinajstić information content (AvgIpc) is 3.06. The average molecular weight is 386 g/mol. The zero-order chi connectivity index (χ0) is 19.4. The molecule has 7 heteroatoms. The molecule has 2 N–H and O–H groups in total. The number of carbonyl (C=O) groups is 1. The molecule has 1 atom stereocenters. The predicted octanol–water partition coefficient (Wildman–Crippen LogP) is 3.29. The Balaban J connectivity index is 1.52. The molecule has 0 saturated carbocycles. The maximum Gasteiger partial charge on any atom is 0.240 e. The number of benzene rings is 2. The fraction of sp³-hybridized carbons (Fsp3) is 0.250. The van der Waals surface area contributed by atoms with Crippen LogP contribution in [0.2, 0.25) is 0 Å². The van der Waals surface area contributed by atoms with Gasteiger partial charge < -0.3 is 9.73 Å². The van der Waals surface area contributed by atoms with Crippen molar-refractivity contribution in [1.29, 1.82) is 0 Å². The topological polar surface area (TPSA) is 88.4 Å². The van der Waals surface area contributed by atoms with Crippen LogP contribution in [0.4, 0.5) is 0 Å². The fourth-order valence-corrected chi connectivity index (χ4v) is 3.73. The van der Waals surface area contributed by atoms with E-state index in [0.29, 0.717) is 5.76 Å². The second-order valence-corrected chi connectivity index (χ2v) is 8.20. The van der Waals surface area contributed by atoms with E-state index in [1.54, 1.807) is 24.3 Å². The maximum absolute atomic E-state index is 12.2. The quantitative estimate of drug-likeness (QED) is 0.652. The molecule has 1 amide bonds. The molecule has 3 rings (SSSR count). The number of amides is 1. The zero-order valence-corrected chi connectivity index (χ0v) is 16.0. The first-order valence-electron chi connectivity index (χ1n) is 8.69. The highest BCUT2D eigenvalue weighted by Crippen LogP contribution is 2.23. The monoisotopic (exact) mass is 386 g/mol. The number of fused-ring (bicyclic) bond motifs is 1. The van der Waals surface area contributed by atoms with E-state index < -0.39 is 10.0 Å². The van der Waals surface area contributed by atoms with Crippen molar-refractivity contribution in [3.05, 3.63) is 65.9 Å². The van der Waals surface area contributed by atoms with Crippen LogP contribution in [-0.4, -0.2) is 20.9 Å². The lowest BCUT2D eigenvalue weighted by Gasteiger charge is -2.12. The number of rotatable bonds is 7. The summed E-state index contributed by atoms with van der Waals surface area (Å²) < 4.78 is 32.6. The Labute approximate surface area is 158 Å². The Kier molecular flexibility index (Phi) is 5.62. The van der Waals surface area contributed by atoms with Crippen molar-refractivity contribution in [3.8, 4) is 0 Å². The lowest BCUT2D eigenvalue weighted by Crippen LogP contribution is -2.32. The molecule has 3 aromatic rings. The third kappa shape index (κ3) is 4.75. The van der Waals surface area contributed by atoms with E-state index in [1.165, 1.54) is 0 Å². The highest BCUT2D eigenvalue weighted by atomic mass is 32.2. The van der Waals surface area contributed by atoms with Gasteiger partial charge in [-0.25, -0.2) is 13.1 Å². The molecule has 0 aliphatic rings. The second-order valence-electron chi connectivity index (χ2n) is 6.44. The summed E-state index contributed by atoms with van der Waals surface area (Å²) in [7, 11) is -3.62.